The van der Waals surface area contributed by atoms with Gasteiger partial charge in [0.05, 0.1) is 26.3 Å². The van der Waals surface area contributed by atoms with Crippen molar-refractivity contribution in [2.24, 2.45) is 4.99 Å². The van der Waals surface area contributed by atoms with Gasteiger partial charge in [-0.15, -0.1) is 0 Å². The van der Waals surface area contributed by atoms with E-state index in [-0.39, 0.29) is 17.1 Å². The average molecular weight is 476 g/mol. The van der Waals surface area contributed by atoms with Gasteiger partial charge in [0, 0.05) is 37.3 Å². The summed E-state index contributed by atoms with van der Waals surface area (Å²) in [4.78, 5) is 35.9. The summed E-state index contributed by atoms with van der Waals surface area (Å²) in [7, 11) is 1.58. The Labute approximate surface area is 195 Å². The summed E-state index contributed by atoms with van der Waals surface area (Å²) >= 11 is 6.15. The molecule has 3 amide bonds. The van der Waals surface area contributed by atoms with Gasteiger partial charge >= 0.3 is 12.0 Å². The Balaban J connectivity index is 1.43. The summed E-state index contributed by atoms with van der Waals surface area (Å²) in [5.74, 6) is -0.0177. The van der Waals surface area contributed by atoms with Crippen molar-refractivity contribution in [3.8, 4) is 0 Å². The number of carbonyl (C=O) groups excluding carboxylic acids is 2. The Morgan fingerprint density at radius 3 is 2.73 bits per heavy atom. The van der Waals surface area contributed by atoms with E-state index in [9.17, 15) is 14.0 Å². The fourth-order valence-corrected chi connectivity index (χ4v) is 4.78. The number of imide groups is 1. The SMILES string of the molecule is Cc1c[n+]2c(n1CCN1CCOCC1)N=C1C2C(=O)N(Cc2c(F)cccc2Cl)C(=O)N1C. The number of amidine groups is 1. The number of fused-ring (bicyclic) bond motifs is 3. The number of aromatic nitrogens is 2. The Hall–Kier alpha value is -2.82. The summed E-state index contributed by atoms with van der Waals surface area (Å²) in [5.41, 5.74) is 1.08. The molecule has 3 aliphatic rings. The average Bonchev–Trinajstić information content (AvgIpc) is 3.31. The number of hydrogen-bond acceptors (Lipinski definition) is 5. The number of aryl methyl sites for hydroxylation is 1. The molecule has 2 saturated heterocycles. The van der Waals surface area contributed by atoms with Crippen molar-refractivity contribution in [1.29, 1.82) is 0 Å². The van der Waals surface area contributed by atoms with Crippen LogP contribution in [0.5, 0.6) is 0 Å². The number of ether oxygens (including phenoxy) is 1. The number of morpholine rings is 1. The zero-order valence-corrected chi connectivity index (χ0v) is 19.3. The number of amides is 3. The van der Waals surface area contributed by atoms with Gasteiger partial charge in [0.1, 0.15) is 17.7 Å². The third-order valence-corrected chi connectivity index (χ3v) is 6.80. The number of hydrogen-bond donors (Lipinski definition) is 0. The highest BCUT2D eigenvalue weighted by molar-refractivity contribution is 6.31. The molecule has 1 aromatic carbocycles. The van der Waals surface area contributed by atoms with Crippen LogP contribution in [-0.4, -0.2) is 76.9 Å². The minimum Gasteiger partial charge on any atom is -0.379 e. The first-order valence-corrected chi connectivity index (χ1v) is 11.3. The second-order valence-electron chi connectivity index (χ2n) is 8.42. The van der Waals surface area contributed by atoms with E-state index in [0.29, 0.717) is 18.3 Å². The van der Waals surface area contributed by atoms with E-state index in [1.165, 1.54) is 23.1 Å². The van der Waals surface area contributed by atoms with Gasteiger partial charge in [0.15, 0.2) is 0 Å². The maximum absolute atomic E-state index is 14.4. The summed E-state index contributed by atoms with van der Waals surface area (Å²) < 4.78 is 23.6. The molecule has 0 N–H and O–H groups in total. The summed E-state index contributed by atoms with van der Waals surface area (Å²) in [6, 6.07) is 2.94. The number of imidazole rings is 1. The number of nitrogens with zero attached hydrogens (tertiary/aromatic N) is 6. The molecule has 174 valence electrons. The molecule has 0 radical (unpaired) electrons. The second kappa shape index (κ2) is 8.51. The van der Waals surface area contributed by atoms with Gasteiger partial charge in [-0.05, 0) is 19.1 Å². The van der Waals surface area contributed by atoms with E-state index in [1.54, 1.807) is 11.6 Å². The van der Waals surface area contributed by atoms with Crippen LogP contribution >= 0.6 is 11.6 Å². The van der Waals surface area contributed by atoms with Gasteiger partial charge < -0.3 is 4.74 Å². The highest BCUT2D eigenvalue weighted by Gasteiger charge is 2.53. The summed E-state index contributed by atoms with van der Waals surface area (Å²) in [6.07, 6.45) is 1.88. The Morgan fingerprint density at radius 1 is 1.24 bits per heavy atom. The fourth-order valence-electron chi connectivity index (χ4n) is 4.56. The number of benzene rings is 1. The lowest BCUT2D eigenvalue weighted by molar-refractivity contribution is -0.677. The molecule has 2 fully saturated rings. The molecule has 0 bridgehead atoms. The van der Waals surface area contributed by atoms with Crippen LogP contribution in [0.25, 0.3) is 0 Å². The van der Waals surface area contributed by atoms with Crippen molar-refractivity contribution in [2.45, 2.75) is 26.1 Å². The Bertz CT molecular complexity index is 1140. The van der Waals surface area contributed by atoms with Crippen molar-refractivity contribution >= 4 is 35.3 Å². The first-order valence-electron chi connectivity index (χ1n) is 10.9. The molecule has 0 spiro atoms. The zero-order chi connectivity index (χ0) is 23.3. The summed E-state index contributed by atoms with van der Waals surface area (Å²) in [6.45, 7) is 6.49. The smallest absolute Gasteiger partial charge is 0.379 e. The molecule has 0 saturated carbocycles. The van der Waals surface area contributed by atoms with Crippen molar-refractivity contribution in [3.63, 3.8) is 0 Å². The second-order valence-corrected chi connectivity index (χ2v) is 8.83. The number of halogens is 2. The van der Waals surface area contributed by atoms with E-state index < -0.39 is 23.8 Å². The Morgan fingerprint density at radius 2 is 2.00 bits per heavy atom. The number of likely N-dealkylation sites (N-methyl/N-ethyl adjacent to an activating group) is 1. The maximum Gasteiger partial charge on any atom is 0.401 e. The van der Waals surface area contributed by atoms with Crippen LogP contribution in [0.3, 0.4) is 0 Å². The zero-order valence-electron chi connectivity index (χ0n) is 18.5. The van der Waals surface area contributed by atoms with Crippen LogP contribution in [0.2, 0.25) is 5.02 Å². The van der Waals surface area contributed by atoms with E-state index in [1.807, 2.05) is 13.1 Å². The van der Waals surface area contributed by atoms with Gasteiger partial charge in [0.25, 0.3) is 5.91 Å². The molecule has 1 unspecified atom stereocenters. The van der Waals surface area contributed by atoms with E-state index in [2.05, 4.69) is 14.5 Å². The Kier molecular flexibility index (Phi) is 5.67. The van der Waals surface area contributed by atoms with Crippen LogP contribution in [0.1, 0.15) is 17.3 Å². The maximum atomic E-state index is 14.4. The van der Waals surface area contributed by atoms with Crippen LogP contribution in [-0.2, 0) is 22.6 Å². The minimum atomic E-state index is -0.781. The lowest BCUT2D eigenvalue weighted by Crippen LogP contribution is -2.62. The van der Waals surface area contributed by atoms with E-state index in [0.717, 1.165) is 43.4 Å². The first-order chi connectivity index (χ1) is 15.9. The molecule has 3 aliphatic heterocycles. The predicted molar refractivity (Wildman–Crippen MR) is 118 cm³/mol. The molecular weight excluding hydrogens is 451 g/mol. The van der Waals surface area contributed by atoms with Gasteiger partial charge in [0.2, 0.25) is 11.9 Å². The van der Waals surface area contributed by atoms with Crippen molar-refractivity contribution < 1.29 is 23.3 Å². The molecule has 11 heteroatoms. The molecule has 33 heavy (non-hydrogen) atoms. The first kappa shape index (κ1) is 22.0. The van der Waals surface area contributed by atoms with Gasteiger partial charge in [-0.1, -0.05) is 22.7 Å². The van der Waals surface area contributed by atoms with Crippen molar-refractivity contribution in [1.82, 2.24) is 19.3 Å². The molecule has 5 rings (SSSR count). The third kappa shape index (κ3) is 3.71. The topological polar surface area (TPSA) is 74.3 Å². The molecule has 0 aliphatic carbocycles. The minimum absolute atomic E-state index is 0.108. The lowest BCUT2D eigenvalue weighted by atomic mass is 10.1. The molecular formula is C22H25ClFN6O3+. The van der Waals surface area contributed by atoms with Crippen LogP contribution in [0.15, 0.2) is 29.4 Å². The fraction of sp³-hybridized carbons (Fsp3) is 0.455. The summed E-state index contributed by atoms with van der Waals surface area (Å²) in [5, 5.41) is 0.169. The molecule has 4 heterocycles. The third-order valence-electron chi connectivity index (χ3n) is 6.44. The van der Waals surface area contributed by atoms with Crippen molar-refractivity contribution in [2.75, 3.05) is 39.9 Å². The number of rotatable bonds is 5. The predicted octanol–water partition coefficient (Wildman–Crippen LogP) is 1.89. The number of aliphatic imine (C=N–C) groups is 1. The largest absolute Gasteiger partial charge is 0.401 e. The van der Waals surface area contributed by atoms with Crippen LogP contribution in [0, 0.1) is 12.7 Å². The van der Waals surface area contributed by atoms with Gasteiger partial charge in [-0.3, -0.25) is 19.5 Å². The van der Waals surface area contributed by atoms with Gasteiger partial charge in [-0.25, -0.2) is 18.3 Å². The number of carbonyl (C=O) groups is 2. The highest BCUT2D eigenvalue weighted by Crippen LogP contribution is 2.31. The van der Waals surface area contributed by atoms with E-state index >= 15 is 0 Å². The highest BCUT2D eigenvalue weighted by atomic mass is 35.5. The monoisotopic (exact) mass is 475 g/mol. The molecule has 1 aromatic heterocycles. The molecule has 9 nitrogen and oxygen atoms in total. The van der Waals surface area contributed by atoms with Gasteiger partial charge in [-0.2, -0.15) is 0 Å². The van der Waals surface area contributed by atoms with Crippen LogP contribution in [0.4, 0.5) is 15.1 Å². The van der Waals surface area contributed by atoms with Crippen molar-refractivity contribution in [3.05, 3.63) is 46.5 Å². The molecule has 1 atom stereocenters. The lowest BCUT2D eigenvalue weighted by Gasteiger charge is -2.33. The normalized spacial score (nSPS) is 20.8. The van der Waals surface area contributed by atoms with Crippen LogP contribution < -0.4 is 4.57 Å². The quantitative estimate of drug-likeness (QED) is 0.619. The molecule has 2 aromatic rings. The van der Waals surface area contributed by atoms with E-state index in [4.69, 9.17) is 16.3 Å². The number of urea groups is 1. The standard InChI is InChI=1S/C22H25ClFN6O3/c1-14-12-29-18-19(25-21(29)28(14)7-6-27-8-10-33-11-9-27)26(2)22(32)30(20(18)31)13-15-16(23)4-3-5-17(15)24/h3-5,12,18H,6-11,13H2,1-2H3/q+1.